The van der Waals surface area contributed by atoms with Crippen LogP contribution in [0.15, 0.2) is 45.8 Å². The quantitative estimate of drug-likeness (QED) is 0.335. The molecule has 1 aromatic carbocycles. The van der Waals surface area contributed by atoms with E-state index in [2.05, 4.69) is 11.1 Å². The fourth-order valence-electron chi connectivity index (χ4n) is 4.98. The summed E-state index contributed by atoms with van der Waals surface area (Å²) in [6, 6.07) is 7.22. The molecule has 1 amide bonds. The third-order valence-corrected chi connectivity index (χ3v) is 8.51. The number of likely N-dealkylation sites (tertiary alicyclic amines) is 1. The topological polar surface area (TPSA) is 110 Å². The van der Waals surface area contributed by atoms with Gasteiger partial charge in [-0.15, -0.1) is 17.8 Å². The highest BCUT2D eigenvalue weighted by atomic mass is 35.5. The molecule has 9 nitrogen and oxygen atoms in total. The number of amides is 1. The number of oxime groups is 1. The number of rotatable bonds is 7. The molecule has 1 saturated heterocycles. The number of nitriles is 1. The number of carbonyl (C=O) groups is 1. The highest BCUT2D eigenvalue weighted by molar-refractivity contribution is 7.10. The van der Waals surface area contributed by atoms with Gasteiger partial charge in [0.05, 0.1) is 26.9 Å². The maximum atomic E-state index is 13.2. The van der Waals surface area contributed by atoms with Crippen LogP contribution in [-0.2, 0) is 22.4 Å². The Morgan fingerprint density at radius 3 is 2.77 bits per heavy atom. The van der Waals surface area contributed by atoms with Crippen LogP contribution in [0.5, 0.6) is 5.75 Å². The predicted octanol–water partition coefficient (Wildman–Crippen LogP) is 5.13. The lowest BCUT2D eigenvalue weighted by atomic mass is 9.97. The van der Waals surface area contributed by atoms with E-state index < -0.39 is 41.4 Å². The molecule has 0 spiro atoms. The van der Waals surface area contributed by atoms with Crippen molar-refractivity contribution in [3.8, 4) is 24.2 Å². The largest absolute Gasteiger partial charge is 0.480 e. The number of terminal acetylenes is 1. The van der Waals surface area contributed by atoms with E-state index in [-0.39, 0.29) is 12.5 Å². The summed E-state index contributed by atoms with van der Waals surface area (Å²) >= 11 is 7.91. The summed E-state index contributed by atoms with van der Waals surface area (Å²) < 4.78 is 46.0. The molecule has 1 atom stereocenters. The Kier molecular flexibility index (Phi) is 8.76. The molecule has 1 unspecified atom stereocenters. The van der Waals surface area contributed by atoms with Gasteiger partial charge in [0.2, 0.25) is 5.91 Å². The van der Waals surface area contributed by atoms with Gasteiger partial charge in [0.25, 0.3) is 5.56 Å². The normalized spacial score (nSPS) is 17.1. The molecule has 0 N–H and O–H groups in total. The number of hydrogen-bond acceptors (Lipinski definition) is 8. The lowest BCUT2D eigenvalue weighted by Gasteiger charge is -2.31. The molecule has 0 aliphatic carbocycles. The molecule has 2 aliphatic rings. The van der Waals surface area contributed by atoms with Crippen molar-refractivity contribution in [2.75, 3.05) is 19.7 Å². The molecule has 222 valence electrons. The Morgan fingerprint density at radius 2 is 2.07 bits per heavy atom. The van der Waals surface area contributed by atoms with Crippen LogP contribution in [0.25, 0.3) is 0 Å². The number of benzene rings is 1. The third-order valence-electron chi connectivity index (χ3n) is 7.17. The Bertz CT molecular complexity index is 1710. The predicted molar refractivity (Wildman–Crippen MR) is 152 cm³/mol. The Hall–Kier alpha value is -4.33. The van der Waals surface area contributed by atoms with Crippen LogP contribution in [0.3, 0.4) is 0 Å². The van der Waals surface area contributed by atoms with Gasteiger partial charge in [0.15, 0.2) is 6.10 Å². The fourth-order valence-corrected chi connectivity index (χ4v) is 6.26. The molecule has 2 aromatic heterocycles. The second-order valence-electron chi connectivity index (χ2n) is 9.89. The van der Waals surface area contributed by atoms with Gasteiger partial charge in [-0.25, -0.2) is 4.98 Å². The van der Waals surface area contributed by atoms with E-state index >= 15 is 0 Å². The molecule has 0 saturated carbocycles. The van der Waals surface area contributed by atoms with Crippen molar-refractivity contribution in [3.05, 3.63) is 78.6 Å². The number of ether oxygens (including phenoxy) is 1. The van der Waals surface area contributed by atoms with Crippen LogP contribution >= 0.6 is 22.9 Å². The first kappa shape index (κ1) is 30.1. The molecular weight excluding hydrogens is 607 g/mol. The van der Waals surface area contributed by atoms with Crippen molar-refractivity contribution in [1.82, 2.24) is 14.5 Å². The Labute approximate surface area is 253 Å². The summed E-state index contributed by atoms with van der Waals surface area (Å²) in [6.07, 6.45) is 2.25. The van der Waals surface area contributed by atoms with Crippen molar-refractivity contribution in [2.24, 2.45) is 5.16 Å². The van der Waals surface area contributed by atoms with Crippen LogP contribution in [0, 0.1) is 23.7 Å². The zero-order valence-electron chi connectivity index (χ0n) is 22.4. The summed E-state index contributed by atoms with van der Waals surface area (Å²) in [4.78, 5) is 37.2. The first-order chi connectivity index (χ1) is 20.6. The average molecular weight is 630 g/mol. The van der Waals surface area contributed by atoms with Gasteiger partial charge in [-0.3, -0.25) is 9.59 Å². The van der Waals surface area contributed by atoms with Gasteiger partial charge >= 0.3 is 6.18 Å². The van der Waals surface area contributed by atoms with Crippen LogP contribution in [0.2, 0.25) is 5.02 Å². The van der Waals surface area contributed by atoms with Crippen LogP contribution < -0.4 is 10.3 Å². The molecule has 0 bridgehead atoms. The number of piperidine rings is 1. The van der Waals surface area contributed by atoms with Gasteiger partial charge in [-0.2, -0.15) is 18.4 Å². The van der Waals surface area contributed by atoms with Crippen molar-refractivity contribution < 1.29 is 27.5 Å². The summed E-state index contributed by atoms with van der Waals surface area (Å²) in [5.41, 5.74) is -0.790. The lowest BCUT2D eigenvalue weighted by Crippen LogP contribution is -2.41. The van der Waals surface area contributed by atoms with E-state index in [0.29, 0.717) is 76.9 Å². The molecule has 43 heavy (non-hydrogen) atoms. The maximum absolute atomic E-state index is 13.2. The minimum atomic E-state index is -4.76. The van der Waals surface area contributed by atoms with E-state index in [1.54, 1.807) is 18.2 Å². The molecule has 4 heterocycles. The number of aromatic nitrogens is 2. The smallest absolute Gasteiger partial charge is 0.417 e. The number of carbonyl (C=O) groups excluding carboxylic acids is 1. The van der Waals surface area contributed by atoms with E-state index in [4.69, 9.17) is 37.8 Å². The van der Waals surface area contributed by atoms with Crippen LogP contribution in [0.1, 0.15) is 58.7 Å². The standard InChI is InChI=1S/C29H23ClF3N5O4S/c1-2-10-41-23-5-3-4-20(30)26(23)24-12-21(36-42-24)22-16-43-27(35-22)17-6-8-37(9-7-17)25(39)15-38-14-19(29(31,32)33)11-18(13-34)28(38)40/h1,3-5,11,14,16-17,24H,6-10,12,15H2. The van der Waals surface area contributed by atoms with Crippen molar-refractivity contribution in [2.45, 2.75) is 44.0 Å². The summed E-state index contributed by atoms with van der Waals surface area (Å²) in [5, 5.41) is 16.6. The minimum Gasteiger partial charge on any atom is -0.480 e. The molecule has 14 heteroatoms. The summed E-state index contributed by atoms with van der Waals surface area (Å²) in [7, 11) is 0. The summed E-state index contributed by atoms with van der Waals surface area (Å²) in [5.74, 6) is 2.51. The Balaban J connectivity index is 1.20. The van der Waals surface area contributed by atoms with Crippen LogP contribution in [0.4, 0.5) is 13.2 Å². The average Bonchev–Trinajstić information content (AvgIpc) is 3.67. The number of pyridine rings is 1. The first-order valence-electron chi connectivity index (χ1n) is 13.1. The number of nitrogens with zero attached hydrogens (tertiary/aromatic N) is 5. The van der Waals surface area contributed by atoms with E-state index in [1.807, 2.05) is 5.38 Å². The van der Waals surface area contributed by atoms with E-state index in [0.717, 1.165) is 5.01 Å². The SMILES string of the molecule is C#CCOc1cccc(Cl)c1C1CC(c2csc(C3CCN(C(=O)Cn4cc(C(F)(F)F)cc(C#N)c4=O)CC3)n2)=NO1. The number of halogens is 4. The molecule has 5 rings (SSSR count). The highest BCUT2D eigenvalue weighted by Crippen LogP contribution is 2.40. The zero-order chi connectivity index (χ0) is 30.7. The molecule has 1 fully saturated rings. The molecular formula is C29H23ClF3N5O4S. The molecule has 2 aliphatic heterocycles. The highest BCUT2D eigenvalue weighted by Gasteiger charge is 2.34. The number of alkyl halides is 3. The molecule has 0 radical (unpaired) electrons. The molecule has 3 aromatic rings. The Morgan fingerprint density at radius 1 is 1.30 bits per heavy atom. The van der Waals surface area contributed by atoms with Gasteiger partial charge in [-0.05, 0) is 31.0 Å². The monoisotopic (exact) mass is 629 g/mol. The number of hydrogen-bond donors (Lipinski definition) is 0. The van der Waals surface area contributed by atoms with E-state index in [9.17, 15) is 22.8 Å². The van der Waals surface area contributed by atoms with Crippen molar-refractivity contribution in [1.29, 1.82) is 5.26 Å². The summed E-state index contributed by atoms with van der Waals surface area (Å²) in [6.45, 7) is 0.178. The fraction of sp³-hybridized carbons (Fsp3) is 0.345. The maximum Gasteiger partial charge on any atom is 0.417 e. The minimum absolute atomic E-state index is 0.0651. The van der Waals surface area contributed by atoms with Crippen molar-refractivity contribution >= 4 is 34.6 Å². The first-order valence-corrected chi connectivity index (χ1v) is 14.4. The van der Waals surface area contributed by atoms with Crippen LogP contribution in [-0.4, -0.2) is 45.8 Å². The van der Waals surface area contributed by atoms with Gasteiger partial charge < -0.3 is 19.0 Å². The lowest BCUT2D eigenvalue weighted by molar-refractivity contribution is -0.139. The van der Waals surface area contributed by atoms with Crippen molar-refractivity contribution in [3.63, 3.8) is 0 Å². The van der Waals surface area contributed by atoms with E-state index in [1.165, 1.54) is 22.3 Å². The third kappa shape index (κ3) is 6.53. The second kappa shape index (κ2) is 12.5. The second-order valence-corrected chi connectivity index (χ2v) is 11.2. The van der Waals surface area contributed by atoms with Gasteiger partial charge in [0, 0.05) is 37.0 Å². The zero-order valence-corrected chi connectivity index (χ0v) is 24.0. The van der Waals surface area contributed by atoms with Gasteiger partial charge in [0.1, 0.15) is 36.2 Å². The number of thiazole rings is 1. The van der Waals surface area contributed by atoms with Gasteiger partial charge in [-0.1, -0.05) is 28.7 Å².